The molecule has 1 rings (SSSR count). The second-order valence-electron chi connectivity index (χ2n) is 2.69. The first-order chi connectivity index (χ1) is 5.66. The number of ether oxygens (including phenoxy) is 1. The molecule has 0 saturated heterocycles. The van der Waals surface area contributed by atoms with E-state index < -0.39 is 0 Å². The Bertz CT molecular complexity index is 273. The lowest BCUT2D eigenvalue weighted by Gasteiger charge is -2.15. The van der Waals surface area contributed by atoms with Crippen LogP contribution in [0.3, 0.4) is 0 Å². The van der Waals surface area contributed by atoms with Gasteiger partial charge in [0.1, 0.15) is 5.75 Å². The van der Waals surface area contributed by atoms with E-state index in [1.165, 1.54) is 0 Å². The zero-order chi connectivity index (χ0) is 9.14. The molecule has 0 spiro atoms. The van der Waals surface area contributed by atoms with E-state index in [-0.39, 0.29) is 0 Å². The highest BCUT2D eigenvalue weighted by Crippen LogP contribution is 2.33. The predicted octanol–water partition coefficient (Wildman–Crippen LogP) is 2.52. The molecule has 2 nitrogen and oxygen atoms in total. The number of hydrogen-bond donors (Lipinski definition) is 0. The quantitative estimate of drug-likeness (QED) is 0.773. The van der Waals surface area contributed by atoms with E-state index in [1.807, 2.05) is 37.2 Å². The van der Waals surface area contributed by atoms with Crippen LogP contribution in [0.2, 0.25) is 0 Å². The Labute approximate surface area is 81.3 Å². The van der Waals surface area contributed by atoms with Crippen molar-refractivity contribution in [3.63, 3.8) is 0 Å². The van der Waals surface area contributed by atoms with Crippen molar-refractivity contribution >= 4 is 21.6 Å². The molecule has 0 aliphatic rings. The van der Waals surface area contributed by atoms with Gasteiger partial charge < -0.3 is 9.64 Å². The van der Waals surface area contributed by atoms with Crippen molar-refractivity contribution in [2.24, 2.45) is 0 Å². The molecule has 0 aliphatic carbocycles. The largest absolute Gasteiger partial charge is 0.495 e. The van der Waals surface area contributed by atoms with E-state index in [0.29, 0.717) is 0 Å². The third-order valence-electron chi connectivity index (χ3n) is 1.64. The van der Waals surface area contributed by atoms with Crippen molar-refractivity contribution < 1.29 is 4.74 Å². The van der Waals surface area contributed by atoms with Gasteiger partial charge in [-0.05, 0) is 28.1 Å². The Morgan fingerprint density at radius 3 is 2.50 bits per heavy atom. The molecule has 0 unspecified atom stereocenters. The molecule has 0 amide bonds. The summed E-state index contributed by atoms with van der Waals surface area (Å²) in [5.74, 6) is 0.862. The Balaban J connectivity index is 3.14. The van der Waals surface area contributed by atoms with Gasteiger partial charge >= 0.3 is 0 Å². The second-order valence-corrected chi connectivity index (χ2v) is 3.48. The van der Waals surface area contributed by atoms with Crippen LogP contribution in [-0.2, 0) is 0 Å². The van der Waals surface area contributed by atoms with Gasteiger partial charge in [-0.2, -0.15) is 0 Å². The summed E-state index contributed by atoms with van der Waals surface area (Å²) in [6.07, 6.45) is 0. The van der Waals surface area contributed by atoms with Gasteiger partial charge in [-0.1, -0.05) is 6.07 Å². The molecule has 0 aromatic heterocycles. The summed E-state index contributed by atoms with van der Waals surface area (Å²) >= 11 is 3.48. The normalized spacial score (nSPS) is 9.67. The summed E-state index contributed by atoms with van der Waals surface area (Å²) < 4.78 is 6.16. The Hall–Kier alpha value is -0.700. The fraction of sp³-hybridized carbons (Fsp3) is 0.333. The number of benzene rings is 1. The fourth-order valence-corrected chi connectivity index (χ4v) is 1.78. The average Bonchev–Trinajstić information content (AvgIpc) is 2.04. The molecule has 0 saturated carbocycles. The van der Waals surface area contributed by atoms with E-state index in [1.54, 1.807) is 7.11 Å². The Kier molecular flexibility index (Phi) is 2.98. The number of methoxy groups -OCH3 is 1. The van der Waals surface area contributed by atoms with Crippen LogP contribution in [0.4, 0.5) is 5.69 Å². The van der Waals surface area contributed by atoms with Crippen LogP contribution in [0.15, 0.2) is 22.7 Å². The molecule has 0 fully saturated rings. The summed E-state index contributed by atoms with van der Waals surface area (Å²) in [5, 5.41) is 0. The minimum Gasteiger partial charge on any atom is -0.495 e. The van der Waals surface area contributed by atoms with Crippen LogP contribution in [-0.4, -0.2) is 21.2 Å². The molecule has 12 heavy (non-hydrogen) atoms. The maximum atomic E-state index is 5.16. The van der Waals surface area contributed by atoms with E-state index in [9.17, 15) is 0 Å². The van der Waals surface area contributed by atoms with Gasteiger partial charge in [0.25, 0.3) is 0 Å². The van der Waals surface area contributed by atoms with Crippen LogP contribution in [0, 0.1) is 0 Å². The second kappa shape index (κ2) is 3.81. The van der Waals surface area contributed by atoms with Gasteiger partial charge in [-0.25, -0.2) is 0 Å². The first-order valence-electron chi connectivity index (χ1n) is 3.66. The fourth-order valence-electron chi connectivity index (χ4n) is 1.00. The summed E-state index contributed by atoms with van der Waals surface area (Å²) in [6.45, 7) is 0. The van der Waals surface area contributed by atoms with Crippen LogP contribution >= 0.6 is 15.9 Å². The van der Waals surface area contributed by atoms with Crippen molar-refractivity contribution in [3.8, 4) is 5.75 Å². The molecule has 0 bridgehead atoms. The lowest BCUT2D eigenvalue weighted by Crippen LogP contribution is -2.09. The maximum Gasteiger partial charge on any atom is 0.135 e. The smallest absolute Gasteiger partial charge is 0.135 e. The van der Waals surface area contributed by atoms with Crippen molar-refractivity contribution in [3.05, 3.63) is 22.7 Å². The molecule has 66 valence electrons. The number of anilines is 1. The number of rotatable bonds is 2. The van der Waals surface area contributed by atoms with Gasteiger partial charge in [-0.3, -0.25) is 0 Å². The standard InChI is InChI=1S/C9H12BrNO/c1-11(2)7-5-4-6-8(12-3)9(7)10/h4-6H,1-3H3. The highest BCUT2D eigenvalue weighted by Gasteiger charge is 2.05. The highest BCUT2D eigenvalue weighted by molar-refractivity contribution is 9.10. The number of nitrogens with zero attached hydrogens (tertiary/aromatic N) is 1. The molecule has 0 N–H and O–H groups in total. The SMILES string of the molecule is COc1cccc(N(C)C)c1Br. The topological polar surface area (TPSA) is 12.5 Å². The van der Waals surface area contributed by atoms with Crippen molar-refractivity contribution in [2.45, 2.75) is 0 Å². The lowest BCUT2D eigenvalue weighted by atomic mass is 10.3. The van der Waals surface area contributed by atoms with Gasteiger partial charge in [-0.15, -0.1) is 0 Å². The molecule has 1 aromatic carbocycles. The van der Waals surface area contributed by atoms with Crippen LogP contribution in [0.5, 0.6) is 5.75 Å². The van der Waals surface area contributed by atoms with Crippen LogP contribution in [0.1, 0.15) is 0 Å². The van der Waals surface area contributed by atoms with Gasteiger partial charge in [0, 0.05) is 14.1 Å². The predicted molar refractivity (Wildman–Crippen MR) is 55.0 cm³/mol. The van der Waals surface area contributed by atoms with Gasteiger partial charge in [0.05, 0.1) is 17.3 Å². The molecule has 0 radical (unpaired) electrons. The lowest BCUT2D eigenvalue weighted by molar-refractivity contribution is 0.412. The monoisotopic (exact) mass is 229 g/mol. The molecule has 0 heterocycles. The zero-order valence-electron chi connectivity index (χ0n) is 7.47. The highest BCUT2D eigenvalue weighted by atomic mass is 79.9. The molecule has 0 aliphatic heterocycles. The van der Waals surface area contributed by atoms with E-state index in [4.69, 9.17) is 4.74 Å². The van der Waals surface area contributed by atoms with Crippen molar-refractivity contribution in [1.82, 2.24) is 0 Å². The van der Waals surface area contributed by atoms with Crippen molar-refractivity contribution in [1.29, 1.82) is 0 Å². The zero-order valence-corrected chi connectivity index (χ0v) is 9.05. The average molecular weight is 230 g/mol. The Morgan fingerprint density at radius 2 is 2.00 bits per heavy atom. The first kappa shape index (κ1) is 9.39. The third-order valence-corrected chi connectivity index (χ3v) is 2.44. The summed E-state index contributed by atoms with van der Waals surface area (Å²) in [5.41, 5.74) is 1.12. The van der Waals surface area contributed by atoms with E-state index in [0.717, 1.165) is 15.9 Å². The van der Waals surface area contributed by atoms with Gasteiger partial charge in [0.2, 0.25) is 0 Å². The van der Waals surface area contributed by atoms with Crippen LogP contribution in [0.25, 0.3) is 0 Å². The molecule has 1 aromatic rings. The molecule has 0 atom stereocenters. The van der Waals surface area contributed by atoms with E-state index in [2.05, 4.69) is 15.9 Å². The summed E-state index contributed by atoms with van der Waals surface area (Å²) in [7, 11) is 5.67. The number of hydrogen-bond acceptors (Lipinski definition) is 2. The summed E-state index contributed by atoms with van der Waals surface area (Å²) in [4.78, 5) is 2.03. The molecular formula is C9H12BrNO. The summed E-state index contributed by atoms with van der Waals surface area (Å²) in [6, 6.07) is 5.93. The first-order valence-corrected chi connectivity index (χ1v) is 4.46. The molecular weight excluding hydrogens is 218 g/mol. The maximum absolute atomic E-state index is 5.16. The minimum atomic E-state index is 0.862. The van der Waals surface area contributed by atoms with E-state index >= 15 is 0 Å². The third kappa shape index (κ3) is 1.72. The van der Waals surface area contributed by atoms with Crippen molar-refractivity contribution in [2.75, 3.05) is 26.1 Å². The van der Waals surface area contributed by atoms with Crippen LogP contribution < -0.4 is 9.64 Å². The Morgan fingerprint density at radius 1 is 1.33 bits per heavy atom. The minimum absolute atomic E-state index is 0.862. The number of halogens is 1. The van der Waals surface area contributed by atoms with Gasteiger partial charge in [0.15, 0.2) is 0 Å². The molecule has 3 heteroatoms.